The van der Waals surface area contributed by atoms with Crippen molar-refractivity contribution in [2.75, 3.05) is 32.7 Å². The summed E-state index contributed by atoms with van der Waals surface area (Å²) in [5.74, 6) is 0.565. The molecular weight excluding hydrogens is 280 g/mol. The maximum atomic E-state index is 12.5. The van der Waals surface area contributed by atoms with Crippen LogP contribution in [-0.2, 0) is 6.54 Å². The van der Waals surface area contributed by atoms with Crippen molar-refractivity contribution in [2.45, 2.75) is 33.7 Å². The van der Waals surface area contributed by atoms with Gasteiger partial charge in [-0.05, 0) is 18.4 Å². The molecule has 22 heavy (non-hydrogen) atoms. The number of hydrogen-bond donors (Lipinski definition) is 0. The van der Waals surface area contributed by atoms with Gasteiger partial charge in [-0.2, -0.15) is 5.10 Å². The molecule has 2 rings (SSSR count). The minimum Gasteiger partial charge on any atom is -0.335 e. The summed E-state index contributed by atoms with van der Waals surface area (Å²) >= 11 is 0. The Bertz CT molecular complexity index is 560. The van der Waals surface area contributed by atoms with Crippen LogP contribution in [0.5, 0.6) is 0 Å². The summed E-state index contributed by atoms with van der Waals surface area (Å²) < 4.78 is 1.38. The molecule has 0 aromatic carbocycles. The number of hydrogen-bond acceptors (Lipinski definition) is 4. The Hall–Kier alpha value is -1.69. The van der Waals surface area contributed by atoms with Gasteiger partial charge in [0.2, 0.25) is 0 Å². The number of rotatable bonds is 5. The van der Waals surface area contributed by atoms with E-state index >= 15 is 0 Å². The van der Waals surface area contributed by atoms with Gasteiger partial charge in [0.25, 0.3) is 11.5 Å². The number of aromatic nitrogens is 2. The molecule has 6 heteroatoms. The lowest BCUT2D eigenvalue weighted by atomic mass is 10.2. The van der Waals surface area contributed by atoms with Crippen LogP contribution in [0.3, 0.4) is 0 Å². The predicted octanol–water partition coefficient (Wildman–Crippen LogP) is 1.07. The molecule has 0 bridgehead atoms. The first-order chi connectivity index (χ1) is 10.5. The zero-order chi connectivity index (χ0) is 16.1. The van der Waals surface area contributed by atoms with Crippen LogP contribution in [0.2, 0.25) is 0 Å². The Labute approximate surface area is 131 Å². The second-order valence-electron chi connectivity index (χ2n) is 6.27. The summed E-state index contributed by atoms with van der Waals surface area (Å²) in [4.78, 5) is 28.4. The minimum atomic E-state index is -0.153. The second kappa shape index (κ2) is 7.54. The lowest BCUT2D eigenvalue weighted by Gasteiger charge is -2.35. The van der Waals surface area contributed by atoms with Gasteiger partial charge in [-0.1, -0.05) is 20.8 Å². The van der Waals surface area contributed by atoms with E-state index in [1.807, 2.05) is 11.8 Å². The number of nitrogens with zero attached hydrogens (tertiary/aromatic N) is 4. The first kappa shape index (κ1) is 16.7. The molecule has 0 unspecified atom stereocenters. The van der Waals surface area contributed by atoms with Crippen LogP contribution in [0, 0.1) is 5.92 Å². The second-order valence-corrected chi connectivity index (χ2v) is 6.27. The van der Waals surface area contributed by atoms with E-state index in [9.17, 15) is 9.59 Å². The SMILES string of the molecule is CCCn1nc(C(=O)N2CCN(CC(C)C)CC2)ccc1=O. The third-order valence-electron chi connectivity index (χ3n) is 3.80. The third kappa shape index (κ3) is 4.16. The predicted molar refractivity (Wildman–Crippen MR) is 86.0 cm³/mol. The molecule has 1 fully saturated rings. The standard InChI is InChI=1S/C16H26N4O2/c1-4-7-20-15(21)6-5-14(17-20)16(22)19-10-8-18(9-11-19)12-13(2)3/h5-6,13H,4,7-12H2,1-3H3. The summed E-state index contributed by atoms with van der Waals surface area (Å²) in [5, 5.41) is 4.20. The topological polar surface area (TPSA) is 58.4 Å². The van der Waals surface area contributed by atoms with Crippen LogP contribution in [0.4, 0.5) is 0 Å². The summed E-state index contributed by atoms with van der Waals surface area (Å²) in [5.41, 5.74) is 0.213. The lowest BCUT2D eigenvalue weighted by Crippen LogP contribution is -2.49. The highest BCUT2D eigenvalue weighted by Crippen LogP contribution is 2.08. The van der Waals surface area contributed by atoms with Crippen molar-refractivity contribution in [2.24, 2.45) is 5.92 Å². The first-order valence-corrected chi connectivity index (χ1v) is 8.11. The smallest absolute Gasteiger partial charge is 0.274 e. The summed E-state index contributed by atoms with van der Waals surface area (Å²) in [6.07, 6.45) is 0.818. The van der Waals surface area contributed by atoms with Gasteiger partial charge in [-0.3, -0.25) is 14.5 Å². The summed E-state index contributed by atoms with van der Waals surface area (Å²) in [7, 11) is 0. The Morgan fingerprint density at radius 2 is 1.91 bits per heavy atom. The van der Waals surface area contributed by atoms with Gasteiger partial charge in [0.15, 0.2) is 0 Å². The molecule has 0 saturated carbocycles. The molecule has 1 aliphatic heterocycles. The molecule has 1 amide bonds. The van der Waals surface area contributed by atoms with E-state index in [4.69, 9.17) is 0 Å². The van der Waals surface area contributed by atoms with Crippen molar-refractivity contribution in [3.8, 4) is 0 Å². The molecule has 0 radical (unpaired) electrons. The zero-order valence-corrected chi connectivity index (χ0v) is 13.8. The van der Waals surface area contributed by atoms with Gasteiger partial charge in [0.1, 0.15) is 5.69 Å². The summed E-state index contributed by atoms with van der Waals surface area (Å²) in [6, 6.07) is 2.97. The highest BCUT2D eigenvalue weighted by Gasteiger charge is 2.23. The van der Waals surface area contributed by atoms with Gasteiger partial charge < -0.3 is 4.90 Å². The van der Waals surface area contributed by atoms with Crippen molar-refractivity contribution in [1.82, 2.24) is 19.6 Å². The fraction of sp³-hybridized carbons (Fsp3) is 0.688. The van der Waals surface area contributed by atoms with E-state index in [-0.39, 0.29) is 11.5 Å². The molecule has 1 aromatic rings. The number of carbonyl (C=O) groups is 1. The molecule has 1 aliphatic rings. The Morgan fingerprint density at radius 1 is 1.23 bits per heavy atom. The maximum absolute atomic E-state index is 12.5. The molecule has 0 spiro atoms. The Balaban J connectivity index is 2.01. The summed E-state index contributed by atoms with van der Waals surface area (Å²) in [6.45, 7) is 11.3. The van der Waals surface area contributed by atoms with E-state index in [1.54, 1.807) is 0 Å². The largest absolute Gasteiger partial charge is 0.335 e. The molecule has 0 aliphatic carbocycles. The normalized spacial score (nSPS) is 16.3. The minimum absolute atomic E-state index is 0.0750. The molecular formula is C16H26N4O2. The average molecular weight is 306 g/mol. The molecule has 0 N–H and O–H groups in total. The fourth-order valence-corrected chi connectivity index (χ4v) is 2.75. The van der Waals surface area contributed by atoms with Crippen LogP contribution >= 0.6 is 0 Å². The van der Waals surface area contributed by atoms with Gasteiger partial charge in [-0.25, -0.2) is 4.68 Å². The van der Waals surface area contributed by atoms with Crippen molar-refractivity contribution in [3.63, 3.8) is 0 Å². The van der Waals surface area contributed by atoms with Crippen molar-refractivity contribution in [1.29, 1.82) is 0 Å². The maximum Gasteiger partial charge on any atom is 0.274 e. The van der Waals surface area contributed by atoms with Gasteiger partial charge in [0.05, 0.1) is 0 Å². The van der Waals surface area contributed by atoms with E-state index in [0.717, 1.165) is 39.1 Å². The van der Waals surface area contributed by atoms with Crippen molar-refractivity contribution < 1.29 is 4.79 Å². The van der Waals surface area contributed by atoms with Gasteiger partial charge >= 0.3 is 0 Å². The highest BCUT2D eigenvalue weighted by atomic mass is 16.2. The van der Waals surface area contributed by atoms with E-state index < -0.39 is 0 Å². The molecule has 2 heterocycles. The van der Waals surface area contributed by atoms with Gasteiger partial charge in [0, 0.05) is 45.3 Å². The van der Waals surface area contributed by atoms with Crippen LogP contribution in [0.1, 0.15) is 37.7 Å². The van der Waals surface area contributed by atoms with Crippen LogP contribution in [0.25, 0.3) is 0 Å². The number of piperazine rings is 1. The highest BCUT2D eigenvalue weighted by molar-refractivity contribution is 5.92. The number of carbonyl (C=O) groups excluding carboxylic acids is 1. The van der Waals surface area contributed by atoms with E-state index in [2.05, 4.69) is 23.8 Å². The van der Waals surface area contributed by atoms with Crippen LogP contribution in [0.15, 0.2) is 16.9 Å². The lowest BCUT2D eigenvalue weighted by molar-refractivity contribution is 0.0615. The molecule has 1 saturated heterocycles. The van der Waals surface area contributed by atoms with E-state index in [1.165, 1.54) is 16.8 Å². The monoisotopic (exact) mass is 306 g/mol. The van der Waals surface area contributed by atoms with Gasteiger partial charge in [-0.15, -0.1) is 0 Å². The first-order valence-electron chi connectivity index (χ1n) is 8.11. The van der Waals surface area contributed by atoms with Crippen molar-refractivity contribution >= 4 is 5.91 Å². The molecule has 1 aromatic heterocycles. The zero-order valence-electron chi connectivity index (χ0n) is 13.8. The fourth-order valence-electron chi connectivity index (χ4n) is 2.75. The quantitative estimate of drug-likeness (QED) is 0.816. The number of aryl methyl sites for hydroxylation is 1. The van der Waals surface area contributed by atoms with E-state index in [0.29, 0.717) is 18.2 Å². The average Bonchev–Trinajstić information content (AvgIpc) is 2.49. The molecule has 0 atom stereocenters. The Kier molecular flexibility index (Phi) is 5.71. The molecule has 6 nitrogen and oxygen atoms in total. The molecule has 122 valence electrons. The van der Waals surface area contributed by atoms with Crippen molar-refractivity contribution in [3.05, 3.63) is 28.2 Å². The third-order valence-corrected chi connectivity index (χ3v) is 3.80. The number of amides is 1. The Morgan fingerprint density at radius 3 is 2.50 bits per heavy atom. The van der Waals surface area contributed by atoms with Crippen LogP contribution in [-0.4, -0.2) is 58.2 Å². The van der Waals surface area contributed by atoms with Crippen LogP contribution < -0.4 is 5.56 Å².